The van der Waals surface area contributed by atoms with E-state index in [0.717, 1.165) is 18.9 Å². The van der Waals surface area contributed by atoms with Crippen molar-refractivity contribution < 1.29 is 9.53 Å². The maximum atomic E-state index is 11.3. The average Bonchev–Trinajstić information content (AvgIpc) is 2.88. The van der Waals surface area contributed by atoms with E-state index in [2.05, 4.69) is 5.32 Å². The third-order valence-corrected chi connectivity index (χ3v) is 3.85. The summed E-state index contributed by atoms with van der Waals surface area (Å²) in [5, 5.41) is 3.45. The molecule has 1 N–H and O–H groups in total. The molecule has 2 unspecified atom stereocenters. The molecule has 2 fully saturated rings. The Balaban J connectivity index is 1.74. The van der Waals surface area contributed by atoms with Crippen molar-refractivity contribution in [2.75, 3.05) is 13.7 Å². The Morgan fingerprint density at radius 3 is 2.80 bits per heavy atom. The van der Waals surface area contributed by atoms with Crippen molar-refractivity contribution in [3.05, 3.63) is 0 Å². The van der Waals surface area contributed by atoms with Crippen LogP contribution in [0.2, 0.25) is 0 Å². The van der Waals surface area contributed by atoms with Crippen LogP contribution in [0.15, 0.2) is 0 Å². The van der Waals surface area contributed by atoms with Crippen molar-refractivity contribution >= 4 is 5.97 Å². The zero-order chi connectivity index (χ0) is 10.7. The van der Waals surface area contributed by atoms with Gasteiger partial charge in [0.15, 0.2) is 0 Å². The zero-order valence-corrected chi connectivity index (χ0v) is 9.50. The number of rotatable bonds is 3. The van der Waals surface area contributed by atoms with E-state index in [9.17, 15) is 4.79 Å². The third kappa shape index (κ3) is 2.71. The molecule has 0 aromatic rings. The first kappa shape index (κ1) is 10.9. The number of hydrogen-bond donors (Lipinski definition) is 1. The SMILES string of the molecule is COC(=O)C1CNC(CC2CCCC2)C1. The lowest BCUT2D eigenvalue weighted by Gasteiger charge is -2.15. The molecule has 1 aliphatic carbocycles. The smallest absolute Gasteiger partial charge is 0.310 e. The molecule has 0 radical (unpaired) electrons. The van der Waals surface area contributed by atoms with E-state index in [1.807, 2.05) is 0 Å². The molecule has 3 heteroatoms. The van der Waals surface area contributed by atoms with Crippen molar-refractivity contribution in [1.82, 2.24) is 5.32 Å². The minimum absolute atomic E-state index is 0.0450. The van der Waals surface area contributed by atoms with Gasteiger partial charge in [-0.15, -0.1) is 0 Å². The van der Waals surface area contributed by atoms with Crippen LogP contribution in [0.3, 0.4) is 0 Å². The maximum absolute atomic E-state index is 11.3. The summed E-state index contributed by atoms with van der Waals surface area (Å²) in [4.78, 5) is 11.3. The Labute approximate surface area is 91.6 Å². The predicted molar refractivity (Wildman–Crippen MR) is 58.5 cm³/mol. The summed E-state index contributed by atoms with van der Waals surface area (Å²) in [6.07, 6.45) is 7.81. The molecule has 2 atom stereocenters. The van der Waals surface area contributed by atoms with E-state index >= 15 is 0 Å². The summed E-state index contributed by atoms with van der Waals surface area (Å²) in [6, 6.07) is 0.553. The number of methoxy groups -OCH3 is 1. The molecular weight excluding hydrogens is 190 g/mol. The summed E-state index contributed by atoms with van der Waals surface area (Å²) in [5.41, 5.74) is 0. The Bertz CT molecular complexity index is 224. The molecule has 0 amide bonds. The van der Waals surface area contributed by atoms with Crippen LogP contribution in [0.1, 0.15) is 38.5 Å². The van der Waals surface area contributed by atoms with Crippen LogP contribution in [-0.4, -0.2) is 25.7 Å². The van der Waals surface area contributed by atoms with Crippen LogP contribution in [0.25, 0.3) is 0 Å². The Hall–Kier alpha value is -0.570. The lowest BCUT2D eigenvalue weighted by Crippen LogP contribution is -2.23. The van der Waals surface area contributed by atoms with E-state index in [-0.39, 0.29) is 11.9 Å². The van der Waals surface area contributed by atoms with E-state index < -0.39 is 0 Å². The second-order valence-corrected chi connectivity index (χ2v) is 4.95. The number of esters is 1. The van der Waals surface area contributed by atoms with Crippen molar-refractivity contribution in [3.63, 3.8) is 0 Å². The van der Waals surface area contributed by atoms with Crippen molar-refractivity contribution in [2.45, 2.75) is 44.6 Å². The molecule has 0 aromatic carbocycles. The molecule has 1 heterocycles. The fourth-order valence-corrected chi connectivity index (χ4v) is 2.99. The van der Waals surface area contributed by atoms with Crippen LogP contribution >= 0.6 is 0 Å². The van der Waals surface area contributed by atoms with Crippen LogP contribution in [0.5, 0.6) is 0 Å². The molecule has 86 valence electrons. The van der Waals surface area contributed by atoms with Gasteiger partial charge >= 0.3 is 5.97 Å². The molecule has 1 saturated heterocycles. The van der Waals surface area contributed by atoms with Crippen molar-refractivity contribution in [2.24, 2.45) is 11.8 Å². The summed E-state index contributed by atoms with van der Waals surface area (Å²) in [6.45, 7) is 0.810. The molecular formula is C12H21NO2. The first-order valence-corrected chi connectivity index (χ1v) is 6.11. The predicted octanol–water partition coefficient (Wildman–Crippen LogP) is 1.72. The number of nitrogens with one attached hydrogen (secondary N) is 1. The second-order valence-electron chi connectivity index (χ2n) is 4.95. The number of carbonyl (C=O) groups is 1. The van der Waals surface area contributed by atoms with Crippen molar-refractivity contribution in [1.29, 1.82) is 0 Å². The topological polar surface area (TPSA) is 38.3 Å². The summed E-state index contributed by atoms with van der Waals surface area (Å²) in [5.74, 6) is 0.955. The Kier molecular flexibility index (Phi) is 3.62. The Morgan fingerprint density at radius 2 is 2.13 bits per heavy atom. The third-order valence-electron chi connectivity index (χ3n) is 3.85. The minimum atomic E-state index is -0.0450. The van der Waals surface area contributed by atoms with Gasteiger partial charge in [0.25, 0.3) is 0 Å². The number of hydrogen-bond acceptors (Lipinski definition) is 3. The van der Waals surface area contributed by atoms with Gasteiger partial charge in [0.1, 0.15) is 0 Å². The average molecular weight is 211 g/mol. The molecule has 15 heavy (non-hydrogen) atoms. The van der Waals surface area contributed by atoms with Gasteiger partial charge in [-0.05, 0) is 18.8 Å². The fourth-order valence-electron chi connectivity index (χ4n) is 2.99. The van der Waals surface area contributed by atoms with Gasteiger partial charge in [-0.1, -0.05) is 25.7 Å². The highest BCUT2D eigenvalue weighted by atomic mass is 16.5. The molecule has 1 aliphatic heterocycles. The lowest BCUT2D eigenvalue weighted by atomic mass is 9.95. The van der Waals surface area contributed by atoms with E-state index in [0.29, 0.717) is 6.04 Å². The standard InChI is InChI=1S/C12H21NO2/c1-15-12(14)10-7-11(13-8-10)6-9-4-2-3-5-9/h9-11,13H,2-8H2,1H3. The van der Waals surface area contributed by atoms with Crippen LogP contribution in [0.4, 0.5) is 0 Å². The molecule has 2 rings (SSSR count). The Morgan fingerprint density at radius 1 is 1.40 bits per heavy atom. The lowest BCUT2D eigenvalue weighted by molar-refractivity contribution is -0.144. The first-order chi connectivity index (χ1) is 7.29. The zero-order valence-electron chi connectivity index (χ0n) is 9.50. The van der Waals surface area contributed by atoms with Gasteiger partial charge in [-0.3, -0.25) is 4.79 Å². The highest BCUT2D eigenvalue weighted by molar-refractivity contribution is 5.73. The van der Waals surface area contributed by atoms with Gasteiger partial charge in [0, 0.05) is 12.6 Å². The van der Waals surface area contributed by atoms with Gasteiger partial charge in [0.2, 0.25) is 0 Å². The highest BCUT2D eigenvalue weighted by Crippen LogP contribution is 2.31. The van der Waals surface area contributed by atoms with Crippen LogP contribution in [-0.2, 0) is 9.53 Å². The first-order valence-electron chi connectivity index (χ1n) is 6.11. The van der Waals surface area contributed by atoms with Crippen molar-refractivity contribution in [3.8, 4) is 0 Å². The summed E-state index contributed by atoms with van der Waals surface area (Å²) < 4.78 is 4.77. The number of ether oxygens (including phenoxy) is 1. The molecule has 0 bridgehead atoms. The largest absolute Gasteiger partial charge is 0.469 e. The van der Waals surface area contributed by atoms with Crippen LogP contribution in [0, 0.1) is 11.8 Å². The monoisotopic (exact) mass is 211 g/mol. The maximum Gasteiger partial charge on any atom is 0.310 e. The second kappa shape index (κ2) is 4.97. The van der Waals surface area contributed by atoms with Gasteiger partial charge < -0.3 is 10.1 Å². The van der Waals surface area contributed by atoms with E-state index in [1.54, 1.807) is 0 Å². The quantitative estimate of drug-likeness (QED) is 0.722. The van der Waals surface area contributed by atoms with Gasteiger partial charge in [-0.25, -0.2) is 0 Å². The van der Waals surface area contributed by atoms with Gasteiger partial charge in [-0.2, -0.15) is 0 Å². The normalized spacial score (nSPS) is 32.1. The van der Waals surface area contributed by atoms with Crippen LogP contribution < -0.4 is 5.32 Å². The minimum Gasteiger partial charge on any atom is -0.469 e. The summed E-state index contributed by atoms with van der Waals surface area (Å²) in [7, 11) is 1.48. The van der Waals surface area contributed by atoms with Gasteiger partial charge in [0.05, 0.1) is 13.0 Å². The van der Waals surface area contributed by atoms with E-state index in [1.165, 1.54) is 39.2 Å². The molecule has 0 aromatic heterocycles. The fraction of sp³-hybridized carbons (Fsp3) is 0.917. The molecule has 1 saturated carbocycles. The van der Waals surface area contributed by atoms with E-state index in [4.69, 9.17) is 4.74 Å². The molecule has 0 spiro atoms. The highest BCUT2D eigenvalue weighted by Gasteiger charge is 2.31. The number of carbonyl (C=O) groups excluding carboxylic acids is 1. The molecule has 2 aliphatic rings. The summed E-state index contributed by atoms with van der Waals surface area (Å²) >= 11 is 0. The molecule has 3 nitrogen and oxygen atoms in total.